The first-order chi connectivity index (χ1) is 16.1. The van der Waals surface area contributed by atoms with Crippen molar-refractivity contribution in [2.75, 3.05) is 0 Å². The van der Waals surface area contributed by atoms with E-state index >= 15 is 0 Å². The number of ether oxygens (including phenoxy) is 3. The molecule has 2 unspecified atom stereocenters. The first kappa shape index (κ1) is 23.0. The molecular formula is C23H17F3N2O6. The summed E-state index contributed by atoms with van der Waals surface area (Å²) < 4.78 is 58.8. The number of benzene rings is 2. The van der Waals surface area contributed by atoms with Gasteiger partial charge in [-0.2, -0.15) is 18.3 Å². The molecule has 2 atom stereocenters. The van der Waals surface area contributed by atoms with Crippen molar-refractivity contribution in [3.05, 3.63) is 66.0 Å². The fourth-order valence-corrected chi connectivity index (χ4v) is 3.63. The number of para-hydroxylation sites is 1. The minimum absolute atomic E-state index is 0.0140. The molecule has 34 heavy (non-hydrogen) atoms. The lowest BCUT2D eigenvalue weighted by Gasteiger charge is -2.34. The Morgan fingerprint density at radius 1 is 1.03 bits per heavy atom. The summed E-state index contributed by atoms with van der Waals surface area (Å²) in [7, 11) is 0. The predicted octanol–water partition coefficient (Wildman–Crippen LogP) is 4.01. The van der Waals surface area contributed by atoms with E-state index in [1.54, 1.807) is 30.3 Å². The molecule has 0 saturated carbocycles. The van der Waals surface area contributed by atoms with Gasteiger partial charge in [0.2, 0.25) is 11.9 Å². The van der Waals surface area contributed by atoms with Crippen molar-refractivity contribution < 1.29 is 41.8 Å². The van der Waals surface area contributed by atoms with E-state index in [4.69, 9.17) is 14.2 Å². The number of rotatable bonds is 4. The number of carbonyl (C=O) groups is 3. The van der Waals surface area contributed by atoms with Gasteiger partial charge in [0.15, 0.2) is 17.3 Å². The van der Waals surface area contributed by atoms with Crippen molar-refractivity contribution >= 4 is 17.7 Å². The number of halogens is 3. The summed E-state index contributed by atoms with van der Waals surface area (Å²) in [6.07, 6.45) is -5.09. The predicted molar refractivity (Wildman–Crippen MR) is 110 cm³/mol. The number of hydrogen-bond donors (Lipinski definition) is 0. The van der Waals surface area contributed by atoms with Crippen LogP contribution >= 0.6 is 0 Å². The number of esters is 2. The Kier molecular flexibility index (Phi) is 5.86. The number of nitrogens with zero attached hydrogens (tertiary/aromatic N) is 2. The van der Waals surface area contributed by atoms with Gasteiger partial charge in [-0.05, 0) is 24.3 Å². The monoisotopic (exact) mass is 474 g/mol. The summed E-state index contributed by atoms with van der Waals surface area (Å²) in [5, 5.41) is 4.09. The summed E-state index contributed by atoms with van der Waals surface area (Å²) in [5.74, 6) is -5.98. The Balaban J connectivity index is 1.83. The number of carbonyl (C=O) groups excluding carboxylic acids is 3. The van der Waals surface area contributed by atoms with Gasteiger partial charge < -0.3 is 14.2 Å². The Labute approximate surface area is 190 Å². The summed E-state index contributed by atoms with van der Waals surface area (Å²) in [4.78, 5) is 36.3. The topological polar surface area (TPSA) is 96.7 Å². The van der Waals surface area contributed by atoms with Crippen LogP contribution in [0.4, 0.5) is 13.2 Å². The highest BCUT2D eigenvalue weighted by Crippen LogP contribution is 2.49. The molecule has 11 heteroatoms. The zero-order chi connectivity index (χ0) is 24.6. The van der Waals surface area contributed by atoms with Crippen LogP contribution in [-0.2, 0) is 9.59 Å². The third-order valence-electron chi connectivity index (χ3n) is 4.98. The molecule has 1 aliphatic rings. The lowest BCUT2D eigenvalue weighted by Crippen LogP contribution is -2.46. The van der Waals surface area contributed by atoms with Crippen molar-refractivity contribution in [2.24, 2.45) is 0 Å². The van der Waals surface area contributed by atoms with E-state index in [1.807, 2.05) is 0 Å². The molecule has 8 nitrogen and oxygen atoms in total. The Morgan fingerprint density at radius 3 is 2.32 bits per heavy atom. The molecular weight excluding hydrogens is 457 g/mol. The van der Waals surface area contributed by atoms with Crippen LogP contribution in [0.15, 0.2) is 54.9 Å². The number of aromatic nitrogens is 2. The van der Waals surface area contributed by atoms with Crippen LogP contribution in [0.25, 0.3) is 5.69 Å². The van der Waals surface area contributed by atoms with E-state index in [0.717, 1.165) is 26.0 Å². The standard InChI is InChI=1S/C23H17F3N2O6/c1-12(29)32-17-9-8-16-19(31)18(14-10-27-28(11-14)15-6-4-3-5-7-15)22(23(24,25)26)34-20(16)21(17)33-13(2)30/h3-11,18,22H,1-2H3. The summed E-state index contributed by atoms with van der Waals surface area (Å²) in [6, 6.07) is 11.0. The third-order valence-corrected chi connectivity index (χ3v) is 4.98. The van der Waals surface area contributed by atoms with E-state index in [1.165, 1.54) is 17.1 Å². The highest BCUT2D eigenvalue weighted by Gasteiger charge is 2.54. The van der Waals surface area contributed by atoms with E-state index in [-0.39, 0.29) is 16.9 Å². The molecule has 2 aromatic carbocycles. The summed E-state index contributed by atoms with van der Waals surface area (Å²) >= 11 is 0. The maximum atomic E-state index is 14.1. The number of ketones is 1. The second-order valence-electron chi connectivity index (χ2n) is 7.43. The molecule has 0 radical (unpaired) electrons. The minimum Gasteiger partial charge on any atom is -0.475 e. The first-order valence-electron chi connectivity index (χ1n) is 9.97. The van der Waals surface area contributed by atoms with Crippen molar-refractivity contribution in [1.82, 2.24) is 9.78 Å². The quantitative estimate of drug-likeness (QED) is 0.416. The number of fused-ring (bicyclic) bond motifs is 1. The molecule has 0 fully saturated rings. The van der Waals surface area contributed by atoms with Gasteiger partial charge in [-0.15, -0.1) is 0 Å². The van der Waals surface area contributed by atoms with Gasteiger partial charge in [-0.1, -0.05) is 18.2 Å². The van der Waals surface area contributed by atoms with Gasteiger partial charge in [0.1, 0.15) is 0 Å². The van der Waals surface area contributed by atoms with Crippen LogP contribution < -0.4 is 14.2 Å². The highest BCUT2D eigenvalue weighted by atomic mass is 19.4. The zero-order valence-electron chi connectivity index (χ0n) is 17.8. The first-order valence-corrected chi connectivity index (χ1v) is 9.97. The molecule has 0 amide bonds. The van der Waals surface area contributed by atoms with E-state index in [9.17, 15) is 27.6 Å². The van der Waals surface area contributed by atoms with Crippen molar-refractivity contribution in [3.8, 4) is 22.9 Å². The van der Waals surface area contributed by atoms with Gasteiger partial charge in [0.25, 0.3) is 0 Å². The average Bonchev–Trinajstić information content (AvgIpc) is 3.24. The lowest BCUT2D eigenvalue weighted by molar-refractivity contribution is -0.200. The van der Waals surface area contributed by atoms with Crippen LogP contribution in [0.3, 0.4) is 0 Å². The van der Waals surface area contributed by atoms with Crippen molar-refractivity contribution in [1.29, 1.82) is 0 Å². The summed E-state index contributed by atoms with van der Waals surface area (Å²) in [6.45, 7) is 2.06. The second kappa shape index (κ2) is 8.65. The van der Waals surface area contributed by atoms with Gasteiger partial charge in [0, 0.05) is 25.6 Å². The molecule has 3 aromatic rings. The number of alkyl halides is 3. The minimum atomic E-state index is -4.97. The van der Waals surface area contributed by atoms with E-state index < -0.39 is 47.4 Å². The number of Topliss-reactive ketones (excluding diaryl/α,β-unsaturated/α-hetero) is 1. The van der Waals surface area contributed by atoms with Crippen LogP contribution in [0.5, 0.6) is 17.2 Å². The Bertz CT molecular complexity index is 1270. The van der Waals surface area contributed by atoms with Crippen LogP contribution in [0.1, 0.15) is 35.7 Å². The molecule has 0 saturated heterocycles. The maximum absolute atomic E-state index is 14.1. The van der Waals surface area contributed by atoms with E-state index in [2.05, 4.69) is 5.10 Å². The third kappa shape index (κ3) is 4.36. The highest BCUT2D eigenvalue weighted by molar-refractivity contribution is 6.06. The van der Waals surface area contributed by atoms with Gasteiger partial charge >= 0.3 is 18.1 Å². The molecule has 0 N–H and O–H groups in total. The van der Waals surface area contributed by atoms with Gasteiger partial charge in [-0.3, -0.25) is 14.4 Å². The molecule has 2 heterocycles. The Hall–Kier alpha value is -4.15. The fourth-order valence-electron chi connectivity index (χ4n) is 3.63. The molecule has 1 aromatic heterocycles. The molecule has 0 aliphatic carbocycles. The summed E-state index contributed by atoms with van der Waals surface area (Å²) in [5.41, 5.74) is 0.315. The molecule has 1 aliphatic heterocycles. The lowest BCUT2D eigenvalue weighted by atomic mass is 9.84. The molecule has 4 rings (SSSR count). The van der Waals surface area contributed by atoms with Crippen LogP contribution in [0.2, 0.25) is 0 Å². The zero-order valence-corrected chi connectivity index (χ0v) is 17.8. The smallest absolute Gasteiger partial charge is 0.426 e. The van der Waals surface area contributed by atoms with E-state index in [0.29, 0.717) is 5.69 Å². The second-order valence-corrected chi connectivity index (χ2v) is 7.43. The van der Waals surface area contributed by atoms with Crippen molar-refractivity contribution in [2.45, 2.75) is 32.0 Å². The molecule has 0 bridgehead atoms. The van der Waals surface area contributed by atoms with Crippen LogP contribution in [-0.4, -0.2) is 39.8 Å². The Morgan fingerprint density at radius 2 is 1.71 bits per heavy atom. The fraction of sp³-hybridized carbons (Fsp3) is 0.217. The van der Waals surface area contributed by atoms with Crippen molar-refractivity contribution in [3.63, 3.8) is 0 Å². The van der Waals surface area contributed by atoms with Gasteiger partial charge in [-0.25, -0.2) is 4.68 Å². The maximum Gasteiger partial charge on any atom is 0.426 e. The SMILES string of the molecule is CC(=O)Oc1ccc2c(c1OC(C)=O)OC(C(F)(F)F)C(c1cnn(-c3ccccc3)c1)C2=O. The number of hydrogen-bond acceptors (Lipinski definition) is 7. The van der Waals surface area contributed by atoms with Gasteiger partial charge in [0.05, 0.1) is 23.4 Å². The van der Waals surface area contributed by atoms with Crippen LogP contribution in [0, 0.1) is 0 Å². The largest absolute Gasteiger partial charge is 0.475 e. The molecule has 0 spiro atoms. The normalized spacial score (nSPS) is 17.5. The molecule has 176 valence electrons. The average molecular weight is 474 g/mol.